The Balaban J connectivity index is 1.87. The van der Waals surface area contributed by atoms with Crippen LogP contribution < -0.4 is 14.4 Å². The van der Waals surface area contributed by atoms with E-state index >= 15 is 8.78 Å². The fourth-order valence-corrected chi connectivity index (χ4v) is 9.28. The van der Waals surface area contributed by atoms with Crippen LogP contribution in [0.5, 0.6) is 11.8 Å². The van der Waals surface area contributed by atoms with Crippen molar-refractivity contribution in [1.29, 1.82) is 0 Å². The highest BCUT2D eigenvalue weighted by Gasteiger charge is 2.40. The summed E-state index contributed by atoms with van der Waals surface area (Å²) < 4.78 is 89.0. The molecule has 2 heterocycles. The molecule has 5 rings (SSSR count). The van der Waals surface area contributed by atoms with E-state index in [2.05, 4.69) is 63.0 Å². The van der Waals surface area contributed by atoms with Crippen molar-refractivity contribution in [2.24, 2.45) is 17.8 Å². The molecule has 1 aliphatic heterocycles. The number of anilines is 1. The largest absolute Gasteiger partial charge is 0.468 e. The van der Waals surface area contributed by atoms with Crippen LogP contribution in [0, 0.1) is 51.0 Å². The SMILES string of the molecule is COCOc1cc(-c2c([N+](=O)[O-])cc3c(N4CCC[C@@](C)(O)C4)nc(OCC(F)(F)F)nc3c2F)c2c(C#C[Si]C(C(C)C)(C(C)C)C(C)C)c(F)ccc2c1. The van der Waals surface area contributed by atoms with Gasteiger partial charge in [-0.2, -0.15) is 23.1 Å². The molecule has 0 amide bonds. The molecule has 2 radical (unpaired) electrons. The lowest BCUT2D eigenvalue weighted by molar-refractivity contribution is -0.384. The molecule has 10 nitrogen and oxygen atoms in total. The molecule has 1 atom stereocenters. The third-order valence-electron chi connectivity index (χ3n) is 10.4. The minimum Gasteiger partial charge on any atom is -0.468 e. The fourth-order valence-electron chi connectivity index (χ4n) is 8.01. The zero-order chi connectivity index (χ0) is 41.3. The van der Waals surface area contributed by atoms with E-state index in [9.17, 15) is 28.4 Å². The average molecular weight is 801 g/mol. The lowest BCUT2D eigenvalue weighted by atomic mass is 9.76. The molecule has 4 aromatic rings. The molecule has 0 bridgehead atoms. The molecule has 1 N–H and O–H groups in total. The molecule has 1 fully saturated rings. The van der Waals surface area contributed by atoms with Gasteiger partial charge in [0.1, 0.15) is 22.9 Å². The van der Waals surface area contributed by atoms with E-state index in [0.717, 1.165) is 6.07 Å². The molecule has 0 aliphatic carbocycles. The number of fused-ring (bicyclic) bond motifs is 2. The maximum Gasteiger partial charge on any atom is 0.422 e. The number of hydrogen-bond acceptors (Lipinski definition) is 9. The van der Waals surface area contributed by atoms with Crippen molar-refractivity contribution < 1.29 is 46.2 Å². The monoisotopic (exact) mass is 800 g/mol. The third kappa shape index (κ3) is 8.69. The third-order valence-corrected chi connectivity index (χ3v) is 12.8. The van der Waals surface area contributed by atoms with Crippen LogP contribution in [0.15, 0.2) is 30.3 Å². The molecule has 0 unspecified atom stereocenters. The van der Waals surface area contributed by atoms with Crippen LogP contribution in [0.1, 0.15) is 66.9 Å². The number of benzene rings is 3. The Labute approximate surface area is 324 Å². The number of aromatic nitrogens is 2. The number of nitrogens with zero attached hydrogens (tertiary/aromatic N) is 4. The summed E-state index contributed by atoms with van der Waals surface area (Å²) in [5, 5.41) is 23.7. The van der Waals surface area contributed by atoms with Gasteiger partial charge in [0, 0.05) is 37.2 Å². The minimum atomic E-state index is -4.80. The summed E-state index contributed by atoms with van der Waals surface area (Å²) in [4.78, 5) is 21.8. The standard InChI is InChI=1S/C40H45F5N4O6Si/c1-22(2)40(23(3)4,24(5)6)56-15-12-27-30(41)11-10-25-16-26(55-21-53-8)17-28(32(25)27)33-31(49(51)52)18-29-35(34(33)42)46-37(54-20-39(43,44)45)47-36(29)48-14-9-13-38(7,50)19-48/h10-11,16-18,22-24,50H,9,13-14,19-21H2,1-8H3/t38-/m1/s1. The van der Waals surface area contributed by atoms with Gasteiger partial charge in [-0.05, 0) is 66.1 Å². The van der Waals surface area contributed by atoms with Gasteiger partial charge < -0.3 is 24.2 Å². The second kappa shape index (κ2) is 16.5. The van der Waals surface area contributed by atoms with Crippen molar-refractivity contribution in [3.63, 3.8) is 0 Å². The van der Waals surface area contributed by atoms with Crippen LogP contribution in [0.4, 0.5) is 33.5 Å². The molecule has 3 aromatic carbocycles. The quantitative estimate of drug-likeness (QED) is 0.0374. The fraction of sp³-hybridized carbons (Fsp3) is 0.500. The Hall–Kier alpha value is -4.59. The van der Waals surface area contributed by atoms with E-state index in [1.54, 1.807) is 13.0 Å². The van der Waals surface area contributed by atoms with Gasteiger partial charge in [0.15, 0.2) is 28.7 Å². The van der Waals surface area contributed by atoms with E-state index in [1.807, 2.05) is 0 Å². The summed E-state index contributed by atoms with van der Waals surface area (Å²) in [6.45, 7) is 12.4. The van der Waals surface area contributed by atoms with Crippen LogP contribution in [0.3, 0.4) is 0 Å². The van der Waals surface area contributed by atoms with Gasteiger partial charge in [-0.25, -0.2) is 8.78 Å². The predicted molar refractivity (Wildman–Crippen MR) is 205 cm³/mol. The number of ether oxygens (including phenoxy) is 3. The van der Waals surface area contributed by atoms with Crippen LogP contribution in [0.25, 0.3) is 32.8 Å². The van der Waals surface area contributed by atoms with Crippen molar-refractivity contribution in [1.82, 2.24) is 9.97 Å². The molecule has 56 heavy (non-hydrogen) atoms. The van der Waals surface area contributed by atoms with E-state index in [1.165, 1.54) is 30.2 Å². The minimum absolute atomic E-state index is 0.0487. The number of rotatable bonds is 12. The highest BCUT2D eigenvalue weighted by Crippen LogP contribution is 2.49. The van der Waals surface area contributed by atoms with Gasteiger partial charge in [-0.3, -0.25) is 10.1 Å². The van der Waals surface area contributed by atoms with Gasteiger partial charge in [0.2, 0.25) is 0 Å². The number of hydrogen-bond donors (Lipinski definition) is 1. The number of β-amino-alcohol motifs (C(OH)–C–C–N with tert-alkyl or cyclic N) is 1. The van der Waals surface area contributed by atoms with Crippen molar-refractivity contribution in [2.45, 2.75) is 78.1 Å². The Morgan fingerprint density at radius 1 is 1.05 bits per heavy atom. The lowest BCUT2D eigenvalue weighted by Crippen LogP contribution is -2.46. The number of nitro benzene ring substituents is 1. The van der Waals surface area contributed by atoms with Crippen molar-refractivity contribution in [2.75, 3.05) is 38.5 Å². The lowest BCUT2D eigenvalue weighted by Gasteiger charge is -2.43. The Bertz CT molecular complexity index is 2160. The molecule has 1 aromatic heterocycles. The van der Waals surface area contributed by atoms with Crippen molar-refractivity contribution in [3.05, 3.63) is 57.6 Å². The maximum atomic E-state index is 17.4. The predicted octanol–water partition coefficient (Wildman–Crippen LogP) is 9.05. The maximum absolute atomic E-state index is 17.4. The zero-order valence-corrected chi connectivity index (χ0v) is 33.5. The molecular weight excluding hydrogens is 756 g/mol. The highest BCUT2D eigenvalue weighted by molar-refractivity contribution is 6.50. The molecule has 16 heteroatoms. The number of alkyl halides is 3. The van der Waals surface area contributed by atoms with E-state index in [4.69, 9.17) is 14.2 Å². The molecule has 300 valence electrons. The summed E-state index contributed by atoms with van der Waals surface area (Å²) in [5.74, 6) is 1.57. The van der Waals surface area contributed by atoms with Gasteiger partial charge in [-0.1, -0.05) is 53.5 Å². The number of nitro groups is 1. The zero-order valence-electron chi connectivity index (χ0n) is 32.5. The molecule has 0 spiro atoms. The molecular formula is C40H45F5N4O6Si. The summed E-state index contributed by atoms with van der Waals surface area (Å²) in [7, 11) is 1.45. The Morgan fingerprint density at radius 2 is 1.73 bits per heavy atom. The number of piperidine rings is 1. The highest BCUT2D eigenvalue weighted by atomic mass is 28.2. The van der Waals surface area contributed by atoms with Crippen LogP contribution in [0.2, 0.25) is 5.04 Å². The normalized spacial score (nSPS) is 16.6. The van der Waals surface area contributed by atoms with E-state index in [0.29, 0.717) is 18.2 Å². The van der Waals surface area contributed by atoms with E-state index in [-0.39, 0.29) is 85.7 Å². The summed E-state index contributed by atoms with van der Waals surface area (Å²) in [6, 6.07) is 5.65. The van der Waals surface area contributed by atoms with Crippen LogP contribution in [-0.2, 0) is 4.74 Å². The smallest absolute Gasteiger partial charge is 0.422 e. The summed E-state index contributed by atoms with van der Waals surface area (Å²) >= 11 is 0. The summed E-state index contributed by atoms with van der Waals surface area (Å²) in [6.07, 6.45) is -3.97. The number of halogens is 5. The summed E-state index contributed by atoms with van der Waals surface area (Å²) in [5.41, 5.74) is -0.324. The Kier molecular flexibility index (Phi) is 12.5. The van der Waals surface area contributed by atoms with Crippen molar-refractivity contribution in [3.8, 4) is 34.4 Å². The van der Waals surface area contributed by atoms with E-state index < -0.39 is 57.7 Å². The molecule has 1 saturated heterocycles. The first-order valence-electron chi connectivity index (χ1n) is 18.2. The Morgan fingerprint density at radius 3 is 2.32 bits per heavy atom. The number of aliphatic hydroxyl groups is 1. The van der Waals surface area contributed by atoms with Gasteiger partial charge in [-0.15, -0.1) is 5.54 Å². The average Bonchev–Trinajstić information content (AvgIpc) is 3.10. The van der Waals surface area contributed by atoms with Crippen molar-refractivity contribution >= 4 is 42.7 Å². The second-order valence-corrected chi connectivity index (χ2v) is 16.7. The first kappa shape index (κ1) is 42.5. The topological polar surface area (TPSA) is 120 Å². The first-order valence-corrected chi connectivity index (χ1v) is 19.2. The number of methoxy groups -OCH3 is 1. The van der Waals surface area contributed by atoms with Crippen LogP contribution in [-0.4, -0.2) is 74.9 Å². The molecule has 0 saturated carbocycles. The molecule has 1 aliphatic rings. The second-order valence-electron chi connectivity index (χ2n) is 15.3. The van der Waals surface area contributed by atoms with Gasteiger partial charge in [0.05, 0.1) is 27.0 Å². The van der Waals surface area contributed by atoms with Gasteiger partial charge >= 0.3 is 12.2 Å². The first-order chi connectivity index (χ1) is 26.2. The van der Waals surface area contributed by atoms with Crippen LogP contribution >= 0.6 is 0 Å². The van der Waals surface area contributed by atoms with Gasteiger partial charge in [0.25, 0.3) is 5.69 Å².